The van der Waals surface area contributed by atoms with Gasteiger partial charge in [0.25, 0.3) is 0 Å². The average molecular weight is 706 g/mol. The third kappa shape index (κ3) is 10.3. The molecule has 0 bridgehead atoms. The maximum Gasteiger partial charge on any atom is 0.409 e. The Kier molecular flexibility index (Phi) is 12.5. The molecule has 0 saturated carbocycles. The van der Waals surface area contributed by atoms with Crippen LogP contribution < -0.4 is 31.1 Å². The van der Waals surface area contributed by atoms with E-state index in [4.69, 9.17) is 24.7 Å². The van der Waals surface area contributed by atoms with Gasteiger partial charge in [0.2, 0.25) is 15.9 Å². The minimum atomic E-state index is -4.40. The SMILES string of the molecule is COc1ccc(S(=O)(=O)N[C@](Cc2ccccc2)(NC(=O)O[C@H]2CO[C@H]3OCC[C@H]32)[C@@H](C)O)cc1CC(C)(C)CCNC(=O)NCC(N)=O. The summed E-state index contributed by atoms with van der Waals surface area (Å²) in [5, 5.41) is 18.8. The number of carbonyl (C=O) groups is 3. The molecule has 2 fully saturated rings. The number of ether oxygens (including phenoxy) is 4. The van der Waals surface area contributed by atoms with Gasteiger partial charge in [0.05, 0.1) is 43.8 Å². The van der Waals surface area contributed by atoms with Gasteiger partial charge in [-0.05, 0) is 60.9 Å². The first-order valence-electron chi connectivity index (χ1n) is 16.1. The van der Waals surface area contributed by atoms with Gasteiger partial charge in [-0.15, -0.1) is 0 Å². The third-order valence-electron chi connectivity index (χ3n) is 8.67. The molecule has 2 aromatic carbocycles. The number of sulfonamides is 1. The monoisotopic (exact) mass is 705 g/mol. The van der Waals surface area contributed by atoms with E-state index in [1.807, 2.05) is 13.8 Å². The molecule has 2 aliphatic rings. The van der Waals surface area contributed by atoms with Crippen LogP contribution in [0.5, 0.6) is 5.75 Å². The maximum absolute atomic E-state index is 14.1. The number of nitrogens with one attached hydrogen (secondary N) is 4. The summed E-state index contributed by atoms with van der Waals surface area (Å²) in [6.07, 6.45) is -1.97. The second-order valence-electron chi connectivity index (χ2n) is 13.1. The van der Waals surface area contributed by atoms with Crippen LogP contribution >= 0.6 is 0 Å². The molecular weight excluding hydrogens is 658 g/mol. The Hall–Kier alpha value is -3.96. The van der Waals surface area contributed by atoms with Gasteiger partial charge in [-0.1, -0.05) is 44.2 Å². The largest absolute Gasteiger partial charge is 0.496 e. The van der Waals surface area contributed by atoms with Crippen molar-refractivity contribution in [2.24, 2.45) is 17.1 Å². The van der Waals surface area contributed by atoms with Gasteiger partial charge in [-0.2, -0.15) is 4.72 Å². The lowest BCUT2D eigenvalue weighted by atomic mass is 9.82. The molecule has 7 N–H and O–H groups in total. The Morgan fingerprint density at radius 2 is 1.82 bits per heavy atom. The Bertz CT molecular complexity index is 1570. The van der Waals surface area contributed by atoms with E-state index in [0.29, 0.717) is 42.7 Å². The number of methoxy groups -OCH3 is 1. The van der Waals surface area contributed by atoms with Crippen molar-refractivity contribution in [3.8, 4) is 5.75 Å². The summed E-state index contributed by atoms with van der Waals surface area (Å²) in [6, 6.07) is 12.7. The molecule has 0 aromatic heterocycles. The minimum Gasteiger partial charge on any atom is -0.496 e. The summed E-state index contributed by atoms with van der Waals surface area (Å²) in [6.45, 7) is 5.91. The standard InChI is InChI=1S/C33H47N5O10S/c1-21(39)33(17-22-8-6-5-7-9-22,37-31(42)48-27-20-47-29-25(27)12-15-46-29)38-49(43,44)24-10-11-26(45-4)23(16-24)18-32(2,3)13-14-35-30(41)36-19-28(34)40/h5-11,16,21,25,27,29,38-39H,12-15,17-20H2,1-4H3,(H2,34,40)(H,37,42)(H2,35,36,41)/t21-,25+,27+,29-,33+/m1/s1. The zero-order chi connectivity index (χ0) is 35.8. The summed E-state index contributed by atoms with van der Waals surface area (Å²) in [5.74, 6) is -0.348. The summed E-state index contributed by atoms with van der Waals surface area (Å²) in [4.78, 5) is 36.1. The smallest absolute Gasteiger partial charge is 0.409 e. The highest BCUT2D eigenvalue weighted by Crippen LogP contribution is 2.34. The van der Waals surface area contributed by atoms with E-state index >= 15 is 0 Å². The number of amides is 4. The van der Waals surface area contributed by atoms with Gasteiger partial charge in [-0.25, -0.2) is 18.0 Å². The lowest BCUT2D eigenvalue weighted by molar-refractivity contribution is -0.117. The van der Waals surface area contributed by atoms with Crippen LogP contribution in [0.2, 0.25) is 0 Å². The fourth-order valence-electron chi connectivity index (χ4n) is 5.96. The normalized spacial score (nSPS) is 20.8. The highest BCUT2D eigenvalue weighted by Gasteiger charge is 2.46. The third-order valence-corrected chi connectivity index (χ3v) is 10.2. The Balaban J connectivity index is 1.55. The van der Waals surface area contributed by atoms with Crippen LogP contribution in [0.1, 0.15) is 44.7 Å². The fraction of sp³-hybridized carbons (Fsp3) is 0.545. The van der Waals surface area contributed by atoms with Crippen LogP contribution in [0, 0.1) is 11.3 Å². The van der Waals surface area contributed by atoms with Gasteiger partial charge < -0.3 is 40.4 Å². The lowest BCUT2D eigenvalue weighted by Gasteiger charge is -2.38. The second-order valence-corrected chi connectivity index (χ2v) is 14.8. The van der Waals surface area contributed by atoms with E-state index in [2.05, 4.69) is 20.7 Å². The van der Waals surface area contributed by atoms with E-state index in [9.17, 15) is 27.9 Å². The van der Waals surface area contributed by atoms with E-state index in [0.717, 1.165) is 0 Å². The Morgan fingerprint density at radius 1 is 1.08 bits per heavy atom. The number of fused-ring (bicyclic) bond motifs is 1. The number of carbonyl (C=O) groups excluding carboxylic acids is 3. The number of hydrogen-bond acceptors (Lipinski definition) is 10. The predicted octanol–water partition coefficient (Wildman–Crippen LogP) is 1.52. The highest BCUT2D eigenvalue weighted by molar-refractivity contribution is 7.89. The molecule has 15 nitrogen and oxygen atoms in total. The number of benzene rings is 2. The number of hydrogen-bond donors (Lipinski definition) is 6. The zero-order valence-electron chi connectivity index (χ0n) is 28.2. The van der Waals surface area contributed by atoms with Crippen LogP contribution in [0.3, 0.4) is 0 Å². The predicted molar refractivity (Wildman–Crippen MR) is 178 cm³/mol. The van der Waals surface area contributed by atoms with Gasteiger partial charge >= 0.3 is 12.1 Å². The molecule has 4 rings (SSSR count). The molecule has 16 heteroatoms. The van der Waals surface area contributed by atoms with Crippen molar-refractivity contribution in [1.29, 1.82) is 0 Å². The number of rotatable bonds is 16. The van der Waals surface area contributed by atoms with E-state index in [1.165, 1.54) is 26.2 Å². The van der Waals surface area contributed by atoms with Crippen molar-refractivity contribution in [1.82, 2.24) is 20.7 Å². The molecule has 0 aliphatic carbocycles. The van der Waals surface area contributed by atoms with Crippen LogP contribution in [-0.2, 0) is 41.9 Å². The topological polar surface area (TPSA) is 217 Å². The summed E-state index contributed by atoms with van der Waals surface area (Å²) in [5.41, 5.74) is 3.94. The van der Waals surface area contributed by atoms with E-state index in [-0.39, 0.29) is 36.9 Å². The molecular formula is C33H47N5O10S. The summed E-state index contributed by atoms with van der Waals surface area (Å²) in [7, 11) is -2.92. The zero-order valence-corrected chi connectivity index (χ0v) is 29.0. The summed E-state index contributed by atoms with van der Waals surface area (Å²) >= 11 is 0. The number of urea groups is 1. The molecule has 270 valence electrons. The quantitative estimate of drug-likeness (QED) is 0.138. The van der Waals surface area contributed by atoms with E-state index in [1.54, 1.807) is 36.4 Å². The van der Waals surface area contributed by atoms with Crippen molar-refractivity contribution >= 4 is 28.1 Å². The van der Waals surface area contributed by atoms with Crippen molar-refractivity contribution < 1.29 is 46.9 Å². The Labute approximate surface area is 286 Å². The van der Waals surface area contributed by atoms with Crippen molar-refractivity contribution in [2.45, 2.75) is 75.5 Å². The number of alkyl carbamates (subject to hydrolysis) is 1. The molecule has 2 saturated heterocycles. The molecule has 2 heterocycles. The molecule has 0 unspecified atom stereocenters. The van der Waals surface area contributed by atoms with Crippen LogP contribution in [0.25, 0.3) is 0 Å². The number of nitrogens with two attached hydrogens (primary N) is 1. The van der Waals surface area contributed by atoms with Crippen LogP contribution in [0.15, 0.2) is 53.4 Å². The second kappa shape index (κ2) is 16.2. The molecule has 5 atom stereocenters. The van der Waals surface area contributed by atoms with Gasteiger partial charge in [0.1, 0.15) is 17.5 Å². The Morgan fingerprint density at radius 3 is 2.49 bits per heavy atom. The van der Waals surface area contributed by atoms with E-state index < -0.39 is 57.6 Å². The minimum absolute atomic E-state index is 0.105. The maximum atomic E-state index is 14.1. The van der Waals surface area contributed by atoms with Crippen molar-refractivity contribution in [3.63, 3.8) is 0 Å². The molecule has 49 heavy (non-hydrogen) atoms. The van der Waals surface area contributed by atoms with Gasteiger partial charge in [0, 0.05) is 13.0 Å². The van der Waals surface area contributed by atoms with Crippen molar-refractivity contribution in [3.05, 3.63) is 59.7 Å². The first kappa shape index (κ1) is 37.9. The molecule has 2 aliphatic heterocycles. The van der Waals surface area contributed by atoms with Gasteiger partial charge in [0.15, 0.2) is 6.29 Å². The lowest BCUT2D eigenvalue weighted by Crippen LogP contribution is -2.68. The molecule has 4 amide bonds. The first-order chi connectivity index (χ1) is 23.1. The summed E-state index contributed by atoms with van der Waals surface area (Å²) < 4.78 is 53.2. The number of aliphatic hydroxyl groups excluding tert-OH is 1. The van der Waals surface area contributed by atoms with Crippen LogP contribution in [0.4, 0.5) is 9.59 Å². The van der Waals surface area contributed by atoms with Crippen molar-refractivity contribution in [2.75, 3.05) is 33.4 Å². The molecule has 0 spiro atoms. The fourth-order valence-corrected chi connectivity index (χ4v) is 7.40. The number of primary amides is 1. The highest BCUT2D eigenvalue weighted by atomic mass is 32.2. The average Bonchev–Trinajstić information content (AvgIpc) is 3.65. The van der Waals surface area contributed by atoms with Crippen LogP contribution in [-0.4, -0.2) is 89.1 Å². The molecule has 2 aromatic rings. The first-order valence-corrected chi connectivity index (χ1v) is 17.6. The van der Waals surface area contributed by atoms with Gasteiger partial charge in [-0.3, -0.25) is 10.1 Å². The number of aliphatic hydroxyl groups is 1. The molecule has 0 radical (unpaired) electrons.